The lowest BCUT2D eigenvalue weighted by Gasteiger charge is -2.07. The van der Waals surface area contributed by atoms with Gasteiger partial charge in [-0.15, -0.1) is 0 Å². The number of para-hydroxylation sites is 1. The fraction of sp³-hybridized carbons (Fsp3) is 0.136. The summed E-state index contributed by atoms with van der Waals surface area (Å²) in [7, 11) is 0. The van der Waals surface area contributed by atoms with Crippen LogP contribution in [0.5, 0.6) is 11.5 Å². The summed E-state index contributed by atoms with van der Waals surface area (Å²) in [6.45, 7) is 0.573. The minimum Gasteiger partial charge on any atom is -0.457 e. The molecule has 0 radical (unpaired) electrons. The van der Waals surface area contributed by atoms with E-state index in [0.717, 1.165) is 22.6 Å². The Balaban J connectivity index is 1.44. The maximum atomic E-state index is 12.0. The molecule has 3 rings (SSSR count). The summed E-state index contributed by atoms with van der Waals surface area (Å²) in [4.78, 5) is 12.0. The van der Waals surface area contributed by atoms with E-state index in [1.807, 2.05) is 84.9 Å². The monoisotopic (exact) mass is 331 g/mol. The summed E-state index contributed by atoms with van der Waals surface area (Å²) < 4.78 is 5.77. The Kier molecular flexibility index (Phi) is 5.83. The molecule has 0 fully saturated rings. The van der Waals surface area contributed by atoms with Crippen molar-refractivity contribution in [1.82, 2.24) is 5.32 Å². The van der Waals surface area contributed by atoms with Gasteiger partial charge in [-0.25, -0.2) is 0 Å². The first-order valence-corrected chi connectivity index (χ1v) is 8.42. The minimum atomic E-state index is 0.0634. The van der Waals surface area contributed by atoms with Gasteiger partial charge in [0.05, 0.1) is 0 Å². The Hall–Kier alpha value is -3.07. The highest BCUT2D eigenvalue weighted by Crippen LogP contribution is 2.21. The molecule has 1 N–H and O–H groups in total. The molecule has 25 heavy (non-hydrogen) atoms. The third-order valence-electron chi connectivity index (χ3n) is 3.88. The maximum Gasteiger partial charge on any atom is 0.220 e. The van der Waals surface area contributed by atoms with Crippen LogP contribution >= 0.6 is 0 Å². The highest BCUT2D eigenvalue weighted by molar-refractivity contribution is 5.76. The molecular weight excluding hydrogens is 310 g/mol. The third-order valence-corrected chi connectivity index (χ3v) is 3.88. The molecule has 1 amide bonds. The Labute approximate surface area is 148 Å². The Morgan fingerprint density at radius 2 is 1.32 bits per heavy atom. The van der Waals surface area contributed by atoms with Crippen LogP contribution in [0.4, 0.5) is 0 Å². The molecule has 0 aliphatic rings. The van der Waals surface area contributed by atoms with Crippen LogP contribution in [0.2, 0.25) is 0 Å². The molecule has 3 aromatic carbocycles. The third kappa shape index (κ3) is 5.50. The van der Waals surface area contributed by atoms with Crippen molar-refractivity contribution in [3.63, 3.8) is 0 Å². The van der Waals surface area contributed by atoms with Gasteiger partial charge in [-0.2, -0.15) is 0 Å². The smallest absolute Gasteiger partial charge is 0.220 e. The van der Waals surface area contributed by atoms with Gasteiger partial charge in [0.1, 0.15) is 11.5 Å². The molecule has 0 saturated carbocycles. The first-order valence-electron chi connectivity index (χ1n) is 8.42. The number of benzene rings is 3. The van der Waals surface area contributed by atoms with Crippen LogP contribution in [0.25, 0.3) is 0 Å². The predicted octanol–water partition coefficient (Wildman–Crippen LogP) is 4.73. The highest BCUT2D eigenvalue weighted by Gasteiger charge is 2.03. The molecule has 3 aromatic rings. The Morgan fingerprint density at radius 3 is 2.00 bits per heavy atom. The average molecular weight is 331 g/mol. The van der Waals surface area contributed by atoms with E-state index in [9.17, 15) is 4.79 Å². The number of hydrogen-bond donors (Lipinski definition) is 1. The maximum absolute atomic E-state index is 12.0. The van der Waals surface area contributed by atoms with E-state index in [1.165, 1.54) is 0 Å². The molecule has 0 aliphatic heterocycles. The van der Waals surface area contributed by atoms with Gasteiger partial charge in [-0.3, -0.25) is 4.79 Å². The summed E-state index contributed by atoms with van der Waals surface area (Å²) in [5.41, 5.74) is 2.23. The van der Waals surface area contributed by atoms with Crippen LogP contribution in [0.3, 0.4) is 0 Å². The second kappa shape index (κ2) is 8.69. The minimum absolute atomic E-state index is 0.0634. The molecule has 0 atom stereocenters. The SMILES string of the molecule is O=C(CCc1ccc(Oc2ccccc2)cc1)NCc1ccccc1. The normalized spacial score (nSPS) is 10.2. The van der Waals surface area contributed by atoms with Crippen LogP contribution in [0.1, 0.15) is 17.5 Å². The molecule has 0 spiro atoms. The summed E-state index contributed by atoms with van der Waals surface area (Å²) in [5, 5.41) is 2.95. The number of ether oxygens (including phenoxy) is 1. The Morgan fingerprint density at radius 1 is 0.720 bits per heavy atom. The zero-order valence-corrected chi connectivity index (χ0v) is 14.0. The molecule has 0 aromatic heterocycles. The topological polar surface area (TPSA) is 38.3 Å². The quantitative estimate of drug-likeness (QED) is 0.680. The highest BCUT2D eigenvalue weighted by atomic mass is 16.5. The standard InChI is InChI=1S/C22H21NO2/c24-22(23-17-19-7-3-1-4-8-19)16-13-18-11-14-21(15-12-18)25-20-9-5-2-6-10-20/h1-12,14-15H,13,16-17H2,(H,23,24). The van der Waals surface area contributed by atoms with Gasteiger partial charge in [0.15, 0.2) is 0 Å². The van der Waals surface area contributed by atoms with Gasteiger partial charge in [-0.1, -0.05) is 60.7 Å². The van der Waals surface area contributed by atoms with Crippen LogP contribution in [0.15, 0.2) is 84.9 Å². The zero-order chi connectivity index (χ0) is 17.3. The first kappa shape index (κ1) is 16.8. The van der Waals surface area contributed by atoms with Gasteiger partial charge in [0, 0.05) is 13.0 Å². The molecule has 0 saturated heterocycles. The predicted molar refractivity (Wildman–Crippen MR) is 99.6 cm³/mol. The van der Waals surface area contributed by atoms with E-state index in [2.05, 4.69) is 5.32 Å². The molecule has 3 nitrogen and oxygen atoms in total. The van der Waals surface area contributed by atoms with Crippen LogP contribution in [-0.2, 0) is 17.8 Å². The van der Waals surface area contributed by atoms with Crippen molar-refractivity contribution < 1.29 is 9.53 Å². The second-order valence-electron chi connectivity index (χ2n) is 5.82. The van der Waals surface area contributed by atoms with E-state index in [-0.39, 0.29) is 5.91 Å². The van der Waals surface area contributed by atoms with Crippen molar-refractivity contribution in [2.45, 2.75) is 19.4 Å². The van der Waals surface area contributed by atoms with Crippen molar-refractivity contribution in [1.29, 1.82) is 0 Å². The fourth-order valence-corrected chi connectivity index (χ4v) is 2.49. The number of carbonyl (C=O) groups is 1. The summed E-state index contributed by atoms with van der Waals surface area (Å²) in [6, 6.07) is 27.5. The van der Waals surface area contributed by atoms with Crippen molar-refractivity contribution >= 4 is 5.91 Å². The Bertz CT molecular complexity index is 783. The van der Waals surface area contributed by atoms with Crippen molar-refractivity contribution in [2.75, 3.05) is 0 Å². The van der Waals surface area contributed by atoms with Crippen molar-refractivity contribution in [3.05, 3.63) is 96.1 Å². The number of rotatable bonds is 7. The summed E-state index contributed by atoms with van der Waals surface area (Å²) >= 11 is 0. The van der Waals surface area contributed by atoms with Gasteiger partial charge in [0.2, 0.25) is 5.91 Å². The molecule has 0 bridgehead atoms. The van der Waals surface area contributed by atoms with Crippen molar-refractivity contribution in [2.24, 2.45) is 0 Å². The van der Waals surface area contributed by atoms with E-state index in [1.54, 1.807) is 0 Å². The number of nitrogens with one attached hydrogen (secondary N) is 1. The van der Waals surface area contributed by atoms with Crippen molar-refractivity contribution in [3.8, 4) is 11.5 Å². The summed E-state index contributed by atoms with van der Waals surface area (Å²) in [5.74, 6) is 1.67. The molecule has 126 valence electrons. The summed E-state index contributed by atoms with van der Waals surface area (Å²) in [6.07, 6.45) is 1.19. The zero-order valence-electron chi connectivity index (χ0n) is 14.0. The first-order chi connectivity index (χ1) is 12.3. The van der Waals surface area contributed by atoms with E-state index in [4.69, 9.17) is 4.74 Å². The average Bonchev–Trinajstić information content (AvgIpc) is 2.67. The van der Waals surface area contributed by atoms with Gasteiger partial charge < -0.3 is 10.1 Å². The lowest BCUT2D eigenvalue weighted by atomic mass is 10.1. The van der Waals surface area contributed by atoms with Gasteiger partial charge in [-0.05, 0) is 41.8 Å². The molecule has 3 heteroatoms. The van der Waals surface area contributed by atoms with Gasteiger partial charge >= 0.3 is 0 Å². The molecule has 0 unspecified atom stereocenters. The number of aryl methyl sites for hydroxylation is 1. The molecular formula is C22H21NO2. The molecule has 0 aliphatic carbocycles. The number of hydrogen-bond acceptors (Lipinski definition) is 2. The number of amides is 1. The fourth-order valence-electron chi connectivity index (χ4n) is 2.49. The van der Waals surface area contributed by atoms with E-state index in [0.29, 0.717) is 19.4 Å². The van der Waals surface area contributed by atoms with Crippen LogP contribution < -0.4 is 10.1 Å². The van der Waals surface area contributed by atoms with Gasteiger partial charge in [0.25, 0.3) is 0 Å². The van der Waals surface area contributed by atoms with Crippen LogP contribution in [-0.4, -0.2) is 5.91 Å². The van der Waals surface area contributed by atoms with E-state index < -0.39 is 0 Å². The lowest BCUT2D eigenvalue weighted by Crippen LogP contribution is -2.22. The van der Waals surface area contributed by atoms with Crippen LogP contribution in [0, 0.1) is 0 Å². The lowest BCUT2D eigenvalue weighted by molar-refractivity contribution is -0.121. The van der Waals surface area contributed by atoms with E-state index >= 15 is 0 Å². The largest absolute Gasteiger partial charge is 0.457 e. The number of carbonyl (C=O) groups excluding carboxylic acids is 1. The molecule has 0 heterocycles. The second-order valence-corrected chi connectivity index (χ2v) is 5.82.